The molecule has 2 aromatic carbocycles. The Morgan fingerprint density at radius 1 is 1.09 bits per heavy atom. The number of fused-ring (bicyclic) bond motifs is 2. The Balaban J connectivity index is 1.79. The van der Waals surface area contributed by atoms with Crippen LogP contribution in [0.15, 0.2) is 70.4 Å². The molecule has 1 unspecified atom stereocenters. The zero-order valence-electron chi connectivity index (χ0n) is 18.5. The molecule has 166 valence electrons. The number of carbonyl (C=O) groups excluding carboxylic acids is 1. The zero-order valence-corrected chi connectivity index (χ0v) is 18.5. The highest BCUT2D eigenvalue weighted by molar-refractivity contribution is 5.99. The average Bonchev–Trinajstić information content (AvgIpc) is 3.10. The van der Waals surface area contributed by atoms with Crippen LogP contribution in [0.4, 0.5) is 0 Å². The van der Waals surface area contributed by atoms with E-state index in [1.54, 1.807) is 35.2 Å². The monoisotopic (exact) mass is 432 g/mol. The van der Waals surface area contributed by atoms with E-state index < -0.39 is 6.04 Å². The Bertz CT molecular complexity index is 1180. The van der Waals surface area contributed by atoms with Crippen molar-refractivity contribution in [1.82, 2.24) is 9.80 Å². The SMILES string of the molecule is C=CCOc1ccc(C2c3c(oc4ccccc4c3=O)C(=O)N2CCN(CC)CC)cc1. The average molecular weight is 433 g/mol. The van der Waals surface area contributed by atoms with Gasteiger partial charge in [-0.05, 0) is 42.9 Å². The number of para-hydroxylation sites is 1. The van der Waals surface area contributed by atoms with Gasteiger partial charge in [-0.3, -0.25) is 9.59 Å². The van der Waals surface area contributed by atoms with Crippen molar-refractivity contribution in [3.8, 4) is 5.75 Å². The lowest BCUT2D eigenvalue weighted by molar-refractivity contribution is 0.0708. The highest BCUT2D eigenvalue weighted by Gasteiger charge is 2.42. The minimum Gasteiger partial charge on any atom is -0.490 e. The second kappa shape index (κ2) is 9.40. The van der Waals surface area contributed by atoms with Crippen molar-refractivity contribution in [2.24, 2.45) is 0 Å². The number of ether oxygens (including phenoxy) is 1. The first-order chi connectivity index (χ1) is 15.6. The van der Waals surface area contributed by atoms with Crippen molar-refractivity contribution < 1.29 is 13.9 Å². The first-order valence-electron chi connectivity index (χ1n) is 11.0. The number of rotatable bonds is 9. The van der Waals surface area contributed by atoms with Crippen molar-refractivity contribution in [2.75, 3.05) is 32.8 Å². The fourth-order valence-electron chi connectivity index (χ4n) is 4.23. The summed E-state index contributed by atoms with van der Waals surface area (Å²) in [4.78, 5) is 30.9. The molecule has 0 aliphatic carbocycles. The van der Waals surface area contributed by atoms with Crippen LogP contribution in [0.1, 0.15) is 41.6 Å². The molecule has 0 radical (unpaired) electrons. The molecule has 0 N–H and O–H groups in total. The maximum atomic E-state index is 13.5. The number of amides is 1. The normalized spacial score (nSPS) is 15.4. The molecular formula is C26H28N2O4. The van der Waals surface area contributed by atoms with Crippen molar-refractivity contribution >= 4 is 16.9 Å². The van der Waals surface area contributed by atoms with Crippen LogP contribution >= 0.6 is 0 Å². The molecular weight excluding hydrogens is 404 g/mol. The van der Waals surface area contributed by atoms with Gasteiger partial charge in [0.2, 0.25) is 5.76 Å². The van der Waals surface area contributed by atoms with E-state index in [0.29, 0.717) is 35.4 Å². The Morgan fingerprint density at radius 3 is 2.50 bits per heavy atom. The second-order valence-electron chi connectivity index (χ2n) is 7.77. The third kappa shape index (κ3) is 3.94. The largest absolute Gasteiger partial charge is 0.490 e. The van der Waals surface area contributed by atoms with Crippen LogP contribution in [-0.4, -0.2) is 48.5 Å². The Morgan fingerprint density at radius 2 is 1.81 bits per heavy atom. The van der Waals surface area contributed by atoms with Crippen molar-refractivity contribution in [3.05, 3.63) is 88.3 Å². The van der Waals surface area contributed by atoms with E-state index in [-0.39, 0.29) is 17.1 Å². The molecule has 4 rings (SSSR count). The number of nitrogens with zero attached hydrogens (tertiary/aromatic N) is 2. The van der Waals surface area contributed by atoms with Crippen LogP contribution < -0.4 is 10.2 Å². The topological polar surface area (TPSA) is 63.0 Å². The van der Waals surface area contributed by atoms with Gasteiger partial charge in [0.25, 0.3) is 5.91 Å². The minimum absolute atomic E-state index is 0.144. The van der Waals surface area contributed by atoms with Gasteiger partial charge in [0.05, 0.1) is 17.0 Å². The highest BCUT2D eigenvalue weighted by atomic mass is 16.5. The van der Waals surface area contributed by atoms with E-state index in [1.807, 2.05) is 24.3 Å². The fraction of sp³-hybridized carbons (Fsp3) is 0.308. The maximum Gasteiger partial charge on any atom is 0.290 e. The summed E-state index contributed by atoms with van der Waals surface area (Å²) in [7, 11) is 0. The number of benzene rings is 2. The van der Waals surface area contributed by atoms with Gasteiger partial charge in [-0.25, -0.2) is 0 Å². The maximum absolute atomic E-state index is 13.5. The second-order valence-corrected chi connectivity index (χ2v) is 7.77. The van der Waals surface area contributed by atoms with Gasteiger partial charge in [-0.2, -0.15) is 0 Å². The van der Waals surface area contributed by atoms with Gasteiger partial charge in [0, 0.05) is 13.1 Å². The smallest absolute Gasteiger partial charge is 0.290 e. The lowest BCUT2D eigenvalue weighted by Gasteiger charge is -2.28. The summed E-state index contributed by atoms with van der Waals surface area (Å²) in [5, 5.41) is 0.487. The van der Waals surface area contributed by atoms with Gasteiger partial charge in [0.15, 0.2) is 5.43 Å². The molecule has 1 aliphatic rings. The van der Waals surface area contributed by atoms with Gasteiger partial charge < -0.3 is 19.0 Å². The lowest BCUT2D eigenvalue weighted by Crippen LogP contribution is -2.37. The lowest BCUT2D eigenvalue weighted by atomic mass is 9.98. The van der Waals surface area contributed by atoms with Gasteiger partial charge in [-0.1, -0.05) is 50.8 Å². The van der Waals surface area contributed by atoms with E-state index in [0.717, 1.165) is 25.2 Å². The summed E-state index contributed by atoms with van der Waals surface area (Å²) in [6.07, 6.45) is 1.69. The molecule has 32 heavy (non-hydrogen) atoms. The van der Waals surface area contributed by atoms with E-state index in [2.05, 4.69) is 25.3 Å². The predicted octanol–water partition coefficient (Wildman–Crippen LogP) is 4.24. The molecule has 1 aliphatic heterocycles. The Hall–Kier alpha value is -3.38. The summed E-state index contributed by atoms with van der Waals surface area (Å²) >= 11 is 0. The van der Waals surface area contributed by atoms with Crippen molar-refractivity contribution in [3.63, 3.8) is 0 Å². The van der Waals surface area contributed by atoms with Crippen LogP contribution in [-0.2, 0) is 0 Å². The third-order valence-electron chi connectivity index (χ3n) is 5.99. The quantitative estimate of drug-likeness (QED) is 0.473. The molecule has 1 amide bonds. The number of hydrogen-bond donors (Lipinski definition) is 0. The van der Waals surface area contributed by atoms with Gasteiger partial charge in [-0.15, -0.1) is 0 Å². The number of hydrogen-bond acceptors (Lipinski definition) is 5. The van der Waals surface area contributed by atoms with Crippen LogP contribution in [0.25, 0.3) is 11.0 Å². The van der Waals surface area contributed by atoms with Crippen LogP contribution in [0.5, 0.6) is 5.75 Å². The zero-order chi connectivity index (χ0) is 22.7. The number of carbonyl (C=O) groups is 1. The molecule has 1 atom stereocenters. The predicted molar refractivity (Wildman–Crippen MR) is 125 cm³/mol. The summed E-state index contributed by atoms with van der Waals surface area (Å²) in [6.45, 7) is 11.3. The van der Waals surface area contributed by atoms with Gasteiger partial charge >= 0.3 is 0 Å². The standard InChI is InChI=1S/C26H28N2O4/c1-4-17-31-19-13-11-18(12-14-19)23-22-24(29)20-9-7-8-10-21(20)32-25(22)26(30)28(23)16-15-27(5-2)6-3/h4,7-14,23H,1,5-6,15-17H2,2-3H3. The van der Waals surface area contributed by atoms with Crippen LogP contribution in [0.3, 0.4) is 0 Å². The molecule has 0 spiro atoms. The first kappa shape index (κ1) is 21.8. The van der Waals surface area contributed by atoms with E-state index >= 15 is 0 Å². The molecule has 1 aromatic heterocycles. The minimum atomic E-state index is -0.498. The molecule has 0 fully saturated rings. The summed E-state index contributed by atoms with van der Waals surface area (Å²) < 4.78 is 11.6. The highest BCUT2D eigenvalue weighted by Crippen LogP contribution is 2.38. The molecule has 0 bridgehead atoms. The van der Waals surface area contributed by atoms with E-state index in [9.17, 15) is 9.59 Å². The summed E-state index contributed by atoms with van der Waals surface area (Å²) in [5.74, 6) is 0.607. The van der Waals surface area contributed by atoms with Crippen LogP contribution in [0.2, 0.25) is 0 Å². The molecule has 6 nitrogen and oxygen atoms in total. The molecule has 3 aromatic rings. The Kier molecular flexibility index (Phi) is 6.42. The number of likely N-dealkylation sites (N-methyl/N-ethyl adjacent to an activating group) is 1. The summed E-state index contributed by atoms with van der Waals surface area (Å²) in [5.41, 5.74) is 1.54. The molecule has 0 saturated carbocycles. The van der Waals surface area contributed by atoms with Crippen LogP contribution in [0, 0.1) is 0 Å². The molecule has 0 saturated heterocycles. The van der Waals surface area contributed by atoms with Gasteiger partial charge in [0.1, 0.15) is 17.9 Å². The summed E-state index contributed by atoms with van der Waals surface area (Å²) in [6, 6.07) is 14.1. The Labute approximate surface area is 187 Å². The first-order valence-corrected chi connectivity index (χ1v) is 11.0. The molecule has 2 heterocycles. The fourth-order valence-corrected chi connectivity index (χ4v) is 4.23. The van der Waals surface area contributed by atoms with E-state index in [4.69, 9.17) is 9.15 Å². The van der Waals surface area contributed by atoms with Crippen molar-refractivity contribution in [1.29, 1.82) is 0 Å². The van der Waals surface area contributed by atoms with Crippen molar-refractivity contribution in [2.45, 2.75) is 19.9 Å². The third-order valence-corrected chi connectivity index (χ3v) is 5.99. The van der Waals surface area contributed by atoms with E-state index in [1.165, 1.54) is 0 Å². The molecule has 6 heteroatoms.